The fourth-order valence-electron chi connectivity index (χ4n) is 3.88. The maximum absolute atomic E-state index is 10.2. The smallest absolute Gasteiger partial charge is 0.151 e. The van der Waals surface area contributed by atoms with Crippen LogP contribution in [0.5, 0.6) is 5.75 Å². The molecular weight excluding hydrogens is 365 g/mol. The van der Waals surface area contributed by atoms with Gasteiger partial charge in [-0.15, -0.1) is 0 Å². The first kappa shape index (κ1) is 19.7. The zero-order valence-electron chi connectivity index (χ0n) is 17.1. The van der Waals surface area contributed by atoms with Gasteiger partial charge in [-0.05, 0) is 50.5 Å². The van der Waals surface area contributed by atoms with Crippen LogP contribution in [0.25, 0.3) is 16.9 Å². The Morgan fingerprint density at radius 2 is 2.10 bits per heavy atom. The molecule has 7 nitrogen and oxygen atoms in total. The second-order valence-corrected chi connectivity index (χ2v) is 7.71. The molecule has 1 fully saturated rings. The molecule has 1 aliphatic rings. The van der Waals surface area contributed by atoms with Gasteiger partial charge in [-0.25, -0.2) is 4.98 Å². The number of phenolic OH excluding ortho intramolecular Hbond substituents is 1. The second kappa shape index (κ2) is 8.84. The molecule has 0 bridgehead atoms. The maximum Gasteiger partial charge on any atom is 0.151 e. The van der Waals surface area contributed by atoms with Crippen LogP contribution in [0.4, 0.5) is 5.82 Å². The van der Waals surface area contributed by atoms with Crippen LogP contribution < -0.4 is 10.8 Å². The predicted molar refractivity (Wildman–Crippen MR) is 118 cm³/mol. The van der Waals surface area contributed by atoms with E-state index in [4.69, 9.17) is 9.72 Å². The van der Waals surface area contributed by atoms with Crippen molar-refractivity contribution in [2.24, 2.45) is 0 Å². The largest absolute Gasteiger partial charge is 0.507 e. The Morgan fingerprint density at radius 3 is 2.90 bits per heavy atom. The van der Waals surface area contributed by atoms with Gasteiger partial charge in [0, 0.05) is 43.6 Å². The Kier molecular flexibility index (Phi) is 6.01. The summed E-state index contributed by atoms with van der Waals surface area (Å²) >= 11 is 0. The number of benzene rings is 1. The van der Waals surface area contributed by atoms with Gasteiger partial charge in [-0.3, -0.25) is 0 Å². The van der Waals surface area contributed by atoms with Gasteiger partial charge in [0.1, 0.15) is 19.4 Å². The molecular formula is C21H28BN5O2. The molecule has 3 aromatic rings. The quantitative estimate of drug-likeness (QED) is 0.465. The highest BCUT2D eigenvalue weighted by Gasteiger charge is 2.18. The summed E-state index contributed by atoms with van der Waals surface area (Å²) in [4.78, 5) is 7.17. The number of fused-ring (bicyclic) bond motifs is 1. The Bertz CT molecular complexity index is 971. The summed E-state index contributed by atoms with van der Waals surface area (Å²) in [5, 5.41) is 18.2. The van der Waals surface area contributed by atoms with Crippen molar-refractivity contribution in [2.75, 3.05) is 38.7 Å². The van der Waals surface area contributed by atoms with E-state index in [-0.39, 0.29) is 5.75 Å². The van der Waals surface area contributed by atoms with Gasteiger partial charge in [-0.2, -0.15) is 9.61 Å². The van der Waals surface area contributed by atoms with Gasteiger partial charge in [0.2, 0.25) is 0 Å². The maximum atomic E-state index is 10.2. The minimum absolute atomic E-state index is 0.227. The van der Waals surface area contributed by atoms with Gasteiger partial charge in [0.05, 0.1) is 5.69 Å². The number of nitrogens with one attached hydrogen (secondary N) is 1. The molecule has 4 rings (SSSR count). The molecule has 152 valence electrons. The van der Waals surface area contributed by atoms with Gasteiger partial charge in [0.25, 0.3) is 0 Å². The van der Waals surface area contributed by atoms with E-state index in [2.05, 4.69) is 22.4 Å². The lowest BCUT2D eigenvalue weighted by atomic mass is 10.0. The number of phenols is 1. The summed E-state index contributed by atoms with van der Waals surface area (Å²) in [6.45, 7) is 3.62. The van der Waals surface area contributed by atoms with Crippen molar-refractivity contribution in [3.8, 4) is 17.0 Å². The van der Waals surface area contributed by atoms with Gasteiger partial charge in [0.15, 0.2) is 5.65 Å². The van der Waals surface area contributed by atoms with E-state index in [1.165, 1.54) is 0 Å². The molecule has 29 heavy (non-hydrogen) atoms. The third-order valence-electron chi connectivity index (χ3n) is 5.64. The first-order chi connectivity index (χ1) is 14.1. The van der Waals surface area contributed by atoms with Crippen molar-refractivity contribution in [2.45, 2.75) is 25.3 Å². The molecule has 2 aromatic heterocycles. The zero-order chi connectivity index (χ0) is 20.2. The number of aromatic hydroxyl groups is 1. The van der Waals surface area contributed by atoms with Crippen molar-refractivity contribution in [3.05, 3.63) is 36.5 Å². The van der Waals surface area contributed by atoms with Crippen LogP contribution in [0.1, 0.15) is 19.3 Å². The van der Waals surface area contributed by atoms with E-state index in [9.17, 15) is 5.11 Å². The molecule has 1 aliphatic heterocycles. The van der Waals surface area contributed by atoms with E-state index < -0.39 is 0 Å². The van der Waals surface area contributed by atoms with E-state index >= 15 is 0 Å². The number of rotatable bonds is 7. The number of nitrogens with zero attached hydrogens (tertiary/aromatic N) is 4. The Balaban J connectivity index is 1.47. The van der Waals surface area contributed by atoms with Crippen LogP contribution >= 0.6 is 0 Å². The summed E-state index contributed by atoms with van der Waals surface area (Å²) in [5.74, 6) is 1.11. The summed E-state index contributed by atoms with van der Waals surface area (Å²) in [6, 6.07) is 9.86. The summed E-state index contributed by atoms with van der Waals surface area (Å²) in [7, 11) is 4.20. The monoisotopic (exact) mass is 393 g/mol. The molecule has 0 radical (unpaired) electrons. The van der Waals surface area contributed by atoms with E-state index in [0.717, 1.165) is 73.8 Å². The molecule has 1 aromatic carbocycles. The molecule has 2 N–H and O–H groups in total. The Labute approximate surface area is 172 Å². The number of hydrogen-bond acceptors (Lipinski definition) is 6. The van der Waals surface area contributed by atoms with Crippen molar-refractivity contribution in [1.82, 2.24) is 19.5 Å². The highest BCUT2D eigenvalue weighted by atomic mass is 16.5. The number of para-hydroxylation sites is 1. The van der Waals surface area contributed by atoms with Gasteiger partial charge < -0.3 is 20.1 Å². The third kappa shape index (κ3) is 4.38. The number of hydrogen-bond donors (Lipinski definition) is 2. The number of aromatic nitrogens is 3. The van der Waals surface area contributed by atoms with Crippen LogP contribution in [0.3, 0.4) is 0 Å². The molecule has 0 atom stereocenters. The van der Waals surface area contributed by atoms with Gasteiger partial charge in [-0.1, -0.05) is 12.1 Å². The standard InChI is InChI=1S/C21H28BN5O2/c1-26(15-7-11-29-12-8-15)10-4-9-23-20-13-18(16-5-2-3-6-19(16)28)25-21-17(22)14-24-27(20)21/h2-3,5-6,13-15,23,28H,4,7-12,22H2,1H3. The van der Waals surface area contributed by atoms with Crippen LogP contribution in [-0.2, 0) is 4.74 Å². The molecule has 0 unspecified atom stereocenters. The van der Waals surface area contributed by atoms with Crippen molar-refractivity contribution >= 4 is 24.8 Å². The van der Waals surface area contributed by atoms with Crippen molar-refractivity contribution in [1.29, 1.82) is 0 Å². The molecule has 0 spiro atoms. The minimum atomic E-state index is 0.227. The molecule has 0 aliphatic carbocycles. The van der Waals surface area contributed by atoms with E-state index in [1.807, 2.05) is 42.8 Å². The normalized spacial score (nSPS) is 15.2. The Hall–Kier alpha value is -2.58. The molecule has 0 amide bonds. The van der Waals surface area contributed by atoms with Crippen LogP contribution in [0, 0.1) is 0 Å². The summed E-state index contributed by atoms with van der Waals surface area (Å²) in [5.41, 5.74) is 3.26. The second-order valence-electron chi connectivity index (χ2n) is 7.71. The fraction of sp³-hybridized carbons (Fsp3) is 0.429. The molecule has 3 heterocycles. The average Bonchev–Trinajstić information content (AvgIpc) is 3.13. The summed E-state index contributed by atoms with van der Waals surface area (Å²) in [6.07, 6.45) is 5.09. The summed E-state index contributed by atoms with van der Waals surface area (Å²) < 4.78 is 7.29. The van der Waals surface area contributed by atoms with E-state index in [0.29, 0.717) is 6.04 Å². The topological polar surface area (TPSA) is 74.9 Å². The lowest BCUT2D eigenvalue weighted by Crippen LogP contribution is -2.37. The minimum Gasteiger partial charge on any atom is -0.507 e. The Morgan fingerprint density at radius 1 is 1.31 bits per heavy atom. The van der Waals surface area contributed by atoms with Crippen LogP contribution in [0.15, 0.2) is 36.5 Å². The lowest BCUT2D eigenvalue weighted by Gasteiger charge is -2.31. The number of anilines is 1. The molecule has 0 saturated carbocycles. The van der Waals surface area contributed by atoms with Crippen molar-refractivity contribution in [3.63, 3.8) is 0 Å². The first-order valence-electron chi connectivity index (χ1n) is 10.3. The third-order valence-corrected chi connectivity index (χ3v) is 5.64. The highest BCUT2D eigenvalue weighted by Crippen LogP contribution is 2.29. The van der Waals surface area contributed by atoms with Gasteiger partial charge >= 0.3 is 0 Å². The fourth-order valence-corrected chi connectivity index (χ4v) is 3.88. The van der Waals surface area contributed by atoms with Crippen molar-refractivity contribution < 1.29 is 9.84 Å². The SMILES string of the molecule is Bc1cnn2c(NCCCN(C)C3CCOCC3)cc(-c3ccccc3O)nc12. The average molecular weight is 393 g/mol. The first-order valence-corrected chi connectivity index (χ1v) is 10.3. The van der Waals surface area contributed by atoms with E-state index in [1.54, 1.807) is 6.07 Å². The molecule has 8 heteroatoms. The number of ether oxygens (including phenoxy) is 1. The lowest BCUT2D eigenvalue weighted by molar-refractivity contribution is 0.0430. The highest BCUT2D eigenvalue weighted by molar-refractivity contribution is 6.36. The van der Waals surface area contributed by atoms with Crippen LogP contribution in [0.2, 0.25) is 0 Å². The molecule has 1 saturated heterocycles. The zero-order valence-corrected chi connectivity index (χ0v) is 17.1. The van der Waals surface area contributed by atoms with Crippen LogP contribution in [-0.4, -0.2) is 71.8 Å². The predicted octanol–water partition coefficient (Wildman–Crippen LogP) is 1.27.